The topological polar surface area (TPSA) is 55.1 Å². The van der Waals surface area contributed by atoms with Crippen molar-refractivity contribution in [1.29, 1.82) is 0 Å². The van der Waals surface area contributed by atoms with Crippen molar-refractivity contribution in [3.8, 4) is 0 Å². The number of aliphatic carboxylic acids is 1. The van der Waals surface area contributed by atoms with Crippen LogP contribution in [0.1, 0.15) is 5.69 Å². The van der Waals surface area contributed by atoms with E-state index in [0.29, 0.717) is 0 Å². The number of rotatable bonds is 3. The summed E-state index contributed by atoms with van der Waals surface area (Å²) in [5.41, 5.74) is 1.07. The molecule has 12 heavy (non-hydrogen) atoms. The van der Waals surface area contributed by atoms with Crippen LogP contribution < -0.4 is 0 Å². The predicted molar refractivity (Wildman–Crippen MR) is 43.7 cm³/mol. The van der Waals surface area contributed by atoms with Gasteiger partial charge in [0, 0.05) is 11.9 Å². The first kappa shape index (κ1) is 8.52. The quantitative estimate of drug-likeness (QED) is 0.677. The van der Waals surface area contributed by atoms with Crippen LogP contribution in [0.3, 0.4) is 0 Å². The summed E-state index contributed by atoms with van der Waals surface area (Å²) in [7, 11) is 0. The van der Waals surface area contributed by atoms with Gasteiger partial charge in [0.25, 0.3) is 0 Å². The van der Waals surface area contributed by atoms with Crippen LogP contribution in [0.15, 0.2) is 24.4 Å². The van der Waals surface area contributed by atoms with Crippen molar-refractivity contribution < 1.29 is 9.90 Å². The zero-order valence-electron chi connectivity index (χ0n) is 6.82. The van der Waals surface area contributed by atoms with Gasteiger partial charge in [0.2, 0.25) is 0 Å². The van der Waals surface area contributed by atoms with Crippen molar-refractivity contribution in [1.82, 2.24) is 9.78 Å². The highest BCUT2D eigenvalue weighted by Crippen LogP contribution is 2.00. The molecule has 1 aromatic heterocycles. The van der Waals surface area contributed by atoms with Crippen LogP contribution in [-0.2, 0) is 11.3 Å². The van der Waals surface area contributed by atoms with Crippen molar-refractivity contribution in [3.63, 3.8) is 0 Å². The highest BCUT2D eigenvalue weighted by Gasteiger charge is 2.05. The average molecular weight is 166 g/mol. The van der Waals surface area contributed by atoms with Crippen molar-refractivity contribution in [2.45, 2.75) is 13.5 Å². The summed E-state index contributed by atoms with van der Waals surface area (Å²) < 4.78 is 1.59. The molecule has 1 heterocycles. The molecule has 1 aromatic rings. The minimum atomic E-state index is -0.982. The number of hydrogen-bond donors (Lipinski definition) is 1. The van der Waals surface area contributed by atoms with E-state index < -0.39 is 5.97 Å². The summed E-state index contributed by atoms with van der Waals surface area (Å²) in [5, 5.41) is 12.5. The Morgan fingerprint density at radius 2 is 2.50 bits per heavy atom. The number of carbonyl (C=O) groups is 1. The van der Waals surface area contributed by atoms with Crippen LogP contribution in [0.25, 0.3) is 0 Å². The maximum atomic E-state index is 10.4. The fourth-order valence-electron chi connectivity index (χ4n) is 0.813. The first-order chi connectivity index (χ1) is 5.61. The van der Waals surface area contributed by atoms with E-state index in [4.69, 9.17) is 5.11 Å². The van der Waals surface area contributed by atoms with Crippen LogP contribution in [0, 0.1) is 6.92 Å². The van der Waals surface area contributed by atoms with E-state index in [-0.39, 0.29) is 12.1 Å². The standard InChI is InChI=1S/C8H10N2O2/c1-6(8(11)12)5-10-7(2)3-4-9-10/h3-4H,1,5H2,2H3,(H,11,12). The molecule has 4 nitrogen and oxygen atoms in total. The van der Waals surface area contributed by atoms with Crippen LogP contribution >= 0.6 is 0 Å². The molecule has 64 valence electrons. The maximum absolute atomic E-state index is 10.4. The second-order valence-electron chi connectivity index (χ2n) is 2.54. The molecule has 0 aliphatic heterocycles. The molecular formula is C8H10N2O2. The van der Waals surface area contributed by atoms with Gasteiger partial charge in [0.15, 0.2) is 0 Å². The van der Waals surface area contributed by atoms with Crippen LogP contribution in [0.2, 0.25) is 0 Å². The van der Waals surface area contributed by atoms with Crippen molar-refractivity contribution in [3.05, 3.63) is 30.1 Å². The highest BCUT2D eigenvalue weighted by molar-refractivity contribution is 5.85. The lowest BCUT2D eigenvalue weighted by molar-refractivity contribution is -0.132. The smallest absolute Gasteiger partial charge is 0.332 e. The number of carboxylic acid groups (broad SMARTS) is 1. The van der Waals surface area contributed by atoms with E-state index in [1.807, 2.05) is 13.0 Å². The Morgan fingerprint density at radius 1 is 1.83 bits per heavy atom. The Kier molecular flexibility index (Phi) is 2.28. The highest BCUT2D eigenvalue weighted by atomic mass is 16.4. The lowest BCUT2D eigenvalue weighted by atomic mass is 10.3. The van der Waals surface area contributed by atoms with Gasteiger partial charge in [-0.05, 0) is 13.0 Å². The Morgan fingerprint density at radius 3 is 2.92 bits per heavy atom. The van der Waals surface area contributed by atoms with E-state index in [9.17, 15) is 4.79 Å². The number of nitrogens with zero attached hydrogens (tertiary/aromatic N) is 2. The maximum Gasteiger partial charge on any atom is 0.332 e. The Balaban J connectivity index is 2.71. The first-order valence-electron chi connectivity index (χ1n) is 3.50. The normalized spacial score (nSPS) is 9.75. The molecule has 0 radical (unpaired) electrons. The van der Waals surface area contributed by atoms with Crippen molar-refractivity contribution in [2.75, 3.05) is 0 Å². The van der Waals surface area contributed by atoms with Crippen LogP contribution in [0.4, 0.5) is 0 Å². The third kappa shape index (κ3) is 1.72. The van der Waals surface area contributed by atoms with E-state index >= 15 is 0 Å². The van der Waals surface area contributed by atoms with E-state index in [0.717, 1.165) is 5.69 Å². The molecule has 4 heteroatoms. The fourth-order valence-corrected chi connectivity index (χ4v) is 0.813. The van der Waals surface area contributed by atoms with Crippen molar-refractivity contribution >= 4 is 5.97 Å². The molecular weight excluding hydrogens is 156 g/mol. The zero-order chi connectivity index (χ0) is 9.14. The molecule has 0 spiro atoms. The molecule has 1 N–H and O–H groups in total. The van der Waals surface area contributed by atoms with Gasteiger partial charge < -0.3 is 5.11 Å². The largest absolute Gasteiger partial charge is 0.478 e. The molecule has 0 aliphatic rings. The number of aromatic nitrogens is 2. The molecule has 0 fully saturated rings. The second-order valence-corrected chi connectivity index (χ2v) is 2.54. The predicted octanol–water partition coefficient (Wildman–Crippen LogP) is 0.832. The Hall–Kier alpha value is -1.58. The van der Waals surface area contributed by atoms with Gasteiger partial charge in [-0.2, -0.15) is 5.10 Å². The van der Waals surface area contributed by atoms with Crippen molar-refractivity contribution in [2.24, 2.45) is 0 Å². The fraction of sp³-hybridized carbons (Fsp3) is 0.250. The van der Waals surface area contributed by atoms with Gasteiger partial charge in [-0.25, -0.2) is 4.79 Å². The Labute approximate surface area is 70.1 Å². The van der Waals surface area contributed by atoms with Gasteiger partial charge in [-0.3, -0.25) is 4.68 Å². The van der Waals surface area contributed by atoms with Gasteiger partial charge in [-0.1, -0.05) is 6.58 Å². The molecule has 1 rings (SSSR count). The monoisotopic (exact) mass is 166 g/mol. The van der Waals surface area contributed by atoms with E-state index in [1.54, 1.807) is 10.9 Å². The van der Waals surface area contributed by atoms with E-state index in [1.165, 1.54) is 0 Å². The third-order valence-corrected chi connectivity index (χ3v) is 1.57. The summed E-state index contributed by atoms with van der Waals surface area (Å²) in [4.78, 5) is 10.4. The molecule has 0 saturated heterocycles. The van der Waals surface area contributed by atoms with Gasteiger partial charge in [-0.15, -0.1) is 0 Å². The second kappa shape index (κ2) is 3.21. The molecule has 0 unspecified atom stereocenters. The minimum Gasteiger partial charge on any atom is -0.478 e. The molecule has 0 aliphatic carbocycles. The zero-order valence-corrected chi connectivity index (χ0v) is 6.82. The van der Waals surface area contributed by atoms with Gasteiger partial charge in [0.05, 0.1) is 12.1 Å². The van der Waals surface area contributed by atoms with Crippen LogP contribution in [-0.4, -0.2) is 20.9 Å². The molecule has 0 aromatic carbocycles. The van der Waals surface area contributed by atoms with E-state index in [2.05, 4.69) is 11.7 Å². The average Bonchev–Trinajstić information content (AvgIpc) is 2.36. The lowest BCUT2D eigenvalue weighted by Gasteiger charge is -2.02. The van der Waals surface area contributed by atoms with Gasteiger partial charge in [0.1, 0.15) is 0 Å². The SMILES string of the molecule is C=C(Cn1nccc1C)C(=O)O. The summed E-state index contributed by atoms with van der Waals surface area (Å²) in [5.74, 6) is -0.982. The number of aryl methyl sites for hydroxylation is 1. The number of hydrogen-bond acceptors (Lipinski definition) is 2. The first-order valence-corrected chi connectivity index (χ1v) is 3.50. The van der Waals surface area contributed by atoms with Gasteiger partial charge >= 0.3 is 5.97 Å². The molecule has 0 amide bonds. The molecule has 0 saturated carbocycles. The van der Waals surface area contributed by atoms with Crippen LogP contribution in [0.5, 0.6) is 0 Å². The minimum absolute atomic E-state index is 0.141. The summed E-state index contributed by atoms with van der Waals surface area (Å²) in [6.07, 6.45) is 1.63. The molecule has 0 atom stereocenters. The number of carboxylic acids is 1. The summed E-state index contributed by atoms with van der Waals surface area (Å²) in [6, 6.07) is 1.81. The lowest BCUT2D eigenvalue weighted by Crippen LogP contribution is -2.10. The summed E-state index contributed by atoms with van der Waals surface area (Å²) >= 11 is 0. The Bertz CT molecular complexity index is 315. The summed E-state index contributed by atoms with van der Waals surface area (Å²) in [6.45, 7) is 5.52. The molecule has 0 bridgehead atoms. The third-order valence-electron chi connectivity index (χ3n) is 1.57.